The molecule has 21 heavy (non-hydrogen) atoms. The van der Waals surface area contributed by atoms with Crippen LogP contribution in [-0.2, 0) is 0 Å². The standard InChI is InChI=1S/C14H9Cl3N2O2/c15-8-3-1-4-9(7-8)19(14(18)21)13(20)12-10(16)5-2-6-11(12)17/h1-7H,(H2,18,21). The van der Waals surface area contributed by atoms with E-state index < -0.39 is 11.9 Å². The molecule has 0 aromatic heterocycles. The number of nitrogens with two attached hydrogens (primary N) is 1. The summed E-state index contributed by atoms with van der Waals surface area (Å²) in [6, 6.07) is 9.80. The van der Waals surface area contributed by atoms with E-state index >= 15 is 0 Å². The van der Waals surface area contributed by atoms with E-state index in [0.29, 0.717) is 5.02 Å². The Morgan fingerprint density at radius 1 is 0.952 bits per heavy atom. The maximum Gasteiger partial charge on any atom is 0.326 e. The average molecular weight is 344 g/mol. The molecule has 7 heteroatoms. The second-order valence-corrected chi connectivity index (χ2v) is 5.31. The third kappa shape index (κ3) is 3.29. The molecule has 4 nitrogen and oxygen atoms in total. The molecule has 0 saturated heterocycles. The van der Waals surface area contributed by atoms with Crippen LogP contribution in [0.5, 0.6) is 0 Å². The lowest BCUT2D eigenvalue weighted by atomic mass is 10.1. The number of imide groups is 1. The van der Waals surface area contributed by atoms with E-state index in [0.717, 1.165) is 4.90 Å². The van der Waals surface area contributed by atoms with Crippen LogP contribution in [0.1, 0.15) is 10.4 Å². The van der Waals surface area contributed by atoms with Crippen LogP contribution in [0.15, 0.2) is 42.5 Å². The molecule has 2 aromatic rings. The Balaban J connectivity index is 2.54. The van der Waals surface area contributed by atoms with E-state index in [2.05, 4.69) is 0 Å². The summed E-state index contributed by atoms with van der Waals surface area (Å²) in [6.07, 6.45) is 0. The van der Waals surface area contributed by atoms with Gasteiger partial charge in [-0.25, -0.2) is 9.69 Å². The fourth-order valence-corrected chi connectivity index (χ4v) is 2.52. The molecule has 108 valence electrons. The van der Waals surface area contributed by atoms with Gasteiger partial charge in [0.25, 0.3) is 5.91 Å². The molecule has 2 rings (SSSR count). The molecule has 0 aliphatic carbocycles. The highest BCUT2D eigenvalue weighted by atomic mass is 35.5. The van der Waals surface area contributed by atoms with E-state index in [1.807, 2.05) is 0 Å². The number of anilines is 1. The van der Waals surface area contributed by atoms with Gasteiger partial charge < -0.3 is 5.73 Å². The molecule has 0 fully saturated rings. The topological polar surface area (TPSA) is 63.4 Å². The molecule has 0 atom stereocenters. The number of hydrogen-bond donors (Lipinski definition) is 1. The van der Waals surface area contributed by atoms with Gasteiger partial charge in [-0.05, 0) is 30.3 Å². The van der Waals surface area contributed by atoms with E-state index in [-0.39, 0.29) is 21.3 Å². The molecule has 3 amide bonds. The van der Waals surface area contributed by atoms with Crippen molar-refractivity contribution in [1.29, 1.82) is 0 Å². The lowest BCUT2D eigenvalue weighted by Gasteiger charge is -2.20. The van der Waals surface area contributed by atoms with Crippen LogP contribution in [0.4, 0.5) is 10.5 Å². The summed E-state index contributed by atoms with van der Waals surface area (Å²) < 4.78 is 0. The third-order valence-electron chi connectivity index (χ3n) is 2.67. The van der Waals surface area contributed by atoms with Gasteiger partial charge in [-0.1, -0.05) is 46.9 Å². The van der Waals surface area contributed by atoms with E-state index in [9.17, 15) is 9.59 Å². The van der Waals surface area contributed by atoms with E-state index in [1.165, 1.54) is 24.3 Å². The molecule has 0 saturated carbocycles. The number of carbonyl (C=O) groups is 2. The first kappa shape index (κ1) is 15.6. The Kier molecular flexibility index (Phi) is 4.73. The lowest BCUT2D eigenvalue weighted by molar-refractivity contribution is 0.0995. The minimum Gasteiger partial charge on any atom is -0.351 e. The maximum atomic E-state index is 12.6. The monoisotopic (exact) mass is 342 g/mol. The summed E-state index contributed by atoms with van der Waals surface area (Å²) in [4.78, 5) is 25.0. The minimum absolute atomic E-state index is 0.000362. The van der Waals surface area contributed by atoms with Gasteiger partial charge in [0.2, 0.25) is 0 Å². The van der Waals surface area contributed by atoms with Gasteiger partial charge >= 0.3 is 6.03 Å². The number of halogens is 3. The van der Waals surface area contributed by atoms with Gasteiger partial charge in [0.15, 0.2) is 0 Å². The molecule has 0 spiro atoms. The maximum absolute atomic E-state index is 12.6. The SMILES string of the molecule is NC(=O)N(C(=O)c1c(Cl)cccc1Cl)c1cccc(Cl)c1. The predicted molar refractivity (Wildman–Crippen MR) is 84.3 cm³/mol. The lowest BCUT2D eigenvalue weighted by Crippen LogP contribution is -2.41. The van der Waals surface area contributed by atoms with Gasteiger partial charge in [-0.15, -0.1) is 0 Å². The van der Waals surface area contributed by atoms with Crippen LogP contribution in [0.3, 0.4) is 0 Å². The normalized spacial score (nSPS) is 10.2. The molecule has 0 radical (unpaired) electrons. The van der Waals surface area contributed by atoms with E-state index in [1.54, 1.807) is 18.2 Å². The number of benzene rings is 2. The second kappa shape index (κ2) is 6.35. The van der Waals surface area contributed by atoms with Crippen LogP contribution in [-0.4, -0.2) is 11.9 Å². The van der Waals surface area contributed by atoms with Crippen LogP contribution < -0.4 is 10.6 Å². The Morgan fingerprint density at radius 2 is 1.52 bits per heavy atom. The summed E-state index contributed by atoms with van der Waals surface area (Å²) in [6.45, 7) is 0. The van der Waals surface area contributed by atoms with Gasteiger partial charge in [0.05, 0.1) is 21.3 Å². The summed E-state index contributed by atoms with van der Waals surface area (Å²) in [5.41, 5.74) is 5.53. The Bertz CT molecular complexity index is 699. The number of rotatable bonds is 2. The Labute approximate surface area is 136 Å². The van der Waals surface area contributed by atoms with E-state index in [4.69, 9.17) is 40.5 Å². The summed E-state index contributed by atoms with van der Waals surface area (Å²) >= 11 is 17.8. The van der Waals surface area contributed by atoms with Crippen molar-refractivity contribution in [3.8, 4) is 0 Å². The number of carbonyl (C=O) groups excluding carboxylic acids is 2. The third-order valence-corrected chi connectivity index (χ3v) is 3.53. The van der Waals surface area contributed by atoms with Crippen LogP contribution in [0, 0.1) is 0 Å². The van der Waals surface area contributed by atoms with Gasteiger partial charge in [-0.3, -0.25) is 4.79 Å². The molecular formula is C14H9Cl3N2O2. The Hall–Kier alpha value is -1.75. The fraction of sp³-hybridized carbons (Fsp3) is 0. The number of amides is 3. The van der Waals surface area contributed by atoms with Gasteiger partial charge in [-0.2, -0.15) is 0 Å². The minimum atomic E-state index is -0.960. The van der Waals surface area contributed by atoms with Crippen molar-refractivity contribution in [2.45, 2.75) is 0 Å². The van der Waals surface area contributed by atoms with Crippen molar-refractivity contribution < 1.29 is 9.59 Å². The number of nitrogens with zero attached hydrogens (tertiary/aromatic N) is 1. The molecule has 0 heterocycles. The highest BCUT2D eigenvalue weighted by molar-refractivity contribution is 6.41. The zero-order chi connectivity index (χ0) is 15.6. The fourth-order valence-electron chi connectivity index (χ4n) is 1.77. The van der Waals surface area contributed by atoms with Crippen molar-refractivity contribution in [3.05, 3.63) is 63.1 Å². The molecular weight excluding hydrogens is 335 g/mol. The van der Waals surface area contributed by atoms with Crippen molar-refractivity contribution in [2.75, 3.05) is 4.90 Å². The highest BCUT2D eigenvalue weighted by Gasteiger charge is 2.26. The van der Waals surface area contributed by atoms with Crippen molar-refractivity contribution in [1.82, 2.24) is 0 Å². The van der Waals surface area contributed by atoms with Crippen LogP contribution in [0.25, 0.3) is 0 Å². The molecule has 0 aliphatic rings. The van der Waals surface area contributed by atoms with Crippen molar-refractivity contribution in [3.63, 3.8) is 0 Å². The summed E-state index contributed by atoms with van der Waals surface area (Å²) in [5, 5.41) is 0.610. The van der Waals surface area contributed by atoms with Crippen molar-refractivity contribution in [2.24, 2.45) is 5.73 Å². The molecule has 0 aliphatic heterocycles. The first-order valence-corrected chi connectivity index (χ1v) is 6.88. The van der Waals surface area contributed by atoms with Crippen LogP contribution >= 0.6 is 34.8 Å². The number of primary amides is 1. The molecule has 0 unspecified atom stereocenters. The first-order valence-electron chi connectivity index (χ1n) is 5.75. The smallest absolute Gasteiger partial charge is 0.326 e. The first-order chi connectivity index (χ1) is 9.91. The quantitative estimate of drug-likeness (QED) is 0.880. The largest absolute Gasteiger partial charge is 0.351 e. The van der Waals surface area contributed by atoms with Crippen molar-refractivity contribution >= 4 is 52.4 Å². The molecule has 2 aromatic carbocycles. The summed E-state index contributed by atoms with van der Waals surface area (Å²) in [7, 11) is 0. The molecule has 2 N–H and O–H groups in total. The Morgan fingerprint density at radius 3 is 2.05 bits per heavy atom. The zero-order valence-electron chi connectivity index (χ0n) is 10.5. The van der Waals surface area contributed by atoms with Crippen LogP contribution in [0.2, 0.25) is 15.1 Å². The number of hydrogen-bond acceptors (Lipinski definition) is 2. The molecule has 0 bridgehead atoms. The average Bonchev–Trinajstić information content (AvgIpc) is 2.38. The second-order valence-electron chi connectivity index (χ2n) is 4.06. The summed E-state index contributed by atoms with van der Waals surface area (Å²) in [5.74, 6) is -0.722. The van der Waals surface area contributed by atoms with Gasteiger partial charge in [0, 0.05) is 5.02 Å². The highest BCUT2D eigenvalue weighted by Crippen LogP contribution is 2.28. The van der Waals surface area contributed by atoms with Gasteiger partial charge in [0.1, 0.15) is 0 Å². The number of urea groups is 1. The zero-order valence-corrected chi connectivity index (χ0v) is 12.8. The predicted octanol–water partition coefficient (Wildman–Crippen LogP) is 4.37.